The molecule has 0 radical (unpaired) electrons. The number of alkyl halides is 3. The lowest BCUT2D eigenvalue weighted by molar-refractivity contribution is -0.137. The van der Waals surface area contributed by atoms with Gasteiger partial charge in [0.05, 0.1) is 18.4 Å². The van der Waals surface area contributed by atoms with Gasteiger partial charge >= 0.3 is 6.18 Å². The number of hydrogen-bond donors (Lipinski definition) is 0. The Balaban J connectivity index is 1.40. The molecule has 2 aromatic carbocycles. The molecule has 0 unspecified atom stereocenters. The summed E-state index contributed by atoms with van der Waals surface area (Å²) >= 11 is 0. The molecule has 3 aromatic heterocycles. The zero-order valence-corrected chi connectivity index (χ0v) is 17.4. The van der Waals surface area contributed by atoms with Gasteiger partial charge in [0.2, 0.25) is 11.7 Å². The molecule has 172 valence electrons. The Hall–Kier alpha value is -4.55. The lowest BCUT2D eigenvalue weighted by Gasteiger charge is -2.05. The normalized spacial score (nSPS) is 11.8. The van der Waals surface area contributed by atoms with Crippen molar-refractivity contribution in [1.82, 2.24) is 34.7 Å². The fourth-order valence-electron chi connectivity index (χ4n) is 3.24. The number of nitrogens with zero attached hydrogens (tertiary/aromatic N) is 7. The maximum Gasteiger partial charge on any atom is 0.416 e. The van der Waals surface area contributed by atoms with E-state index in [1.54, 1.807) is 31.4 Å². The SMILES string of the molecule is COc1ccc(-n2nnc3c(=O)n(Cc4nc(-c5ccc(C(F)(F)F)cc5)no4)cnc32)cc1. The molecule has 0 bridgehead atoms. The first-order chi connectivity index (χ1) is 16.3. The molecule has 0 aliphatic rings. The number of aromatic nitrogens is 7. The van der Waals surface area contributed by atoms with Crippen molar-refractivity contribution in [2.75, 3.05) is 7.11 Å². The van der Waals surface area contributed by atoms with Crippen molar-refractivity contribution in [3.05, 3.63) is 76.7 Å². The Morgan fingerprint density at radius 1 is 1.06 bits per heavy atom. The van der Waals surface area contributed by atoms with Crippen LogP contribution in [0.5, 0.6) is 5.75 Å². The first kappa shape index (κ1) is 21.3. The highest BCUT2D eigenvalue weighted by molar-refractivity contribution is 5.70. The summed E-state index contributed by atoms with van der Waals surface area (Å²) in [6.07, 6.45) is -3.14. The van der Waals surface area contributed by atoms with E-state index < -0.39 is 17.3 Å². The summed E-state index contributed by atoms with van der Waals surface area (Å²) in [5.41, 5.74) is 0.0354. The van der Waals surface area contributed by atoms with E-state index >= 15 is 0 Å². The topological polar surface area (TPSA) is 114 Å². The molecule has 5 rings (SSSR count). The fraction of sp³-hybridized carbons (Fsp3) is 0.143. The van der Waals surface area contributed by atoms with Crippen LogP contribution in [0.25, 0.3) is 28.2 Å². The zero-order valence-electron chi connectivity index (χ0n) is 17.4. The molecule has 3 heterocycles. The molecule has 0 saturated heterocycles. The second-order valence-electron chi connectivity index (χ2n) is 7.14. The molecule has 34 heavy (non-hydrogen) atoms. The molecular weight excluding hydrogens is 455 g/mol. The molecule has 0 atom stereocenters. The number of fused-ring (bicyclic) bond motifs is 1. The molecule has 5 aromatic rings. The molecular formula is C21H14F3N7O3. The minimum absolute atomic E-state index is 0.0424. The second-order valence-corrected chi connectivity index (χ2v) is 7.14. The number of hydrogen-bond acceptors (Lipinski definition) is 8. The minimum atomic E-state index is -4.44. The molecule has 0 aliphatic heterocycles. The van der Waals surface area contributed by atoms with Gasteiger partial charge in [0.15, 0.2) is 11.2 Å². The molecule has 0 saturated carbocycles. The molecule has 0 aliphatic carbocycles. The summed E-state index contributed by atoms with van der Waals surface area (Å²) < 4.78 is 51.2. The van der Waals surface area contributed by atoms with E-state index in [1.807, 2.05) is 0 Å². The van der Waals surface area contributed by atoms with Crippen molar-refractivity contribution >= 4 is 11.2 Å². The van der Waals surface area contributed by atoms with E-state index in [4.69, 9.17) is 9.26 Å². The first-order valence-electron chi connectivity index (χ1n) is 9.79. The van der Waals surface area contributed by atoms with Gasteiger partial charge in [-0.1, -0.05) is 22.5 Å². The van der Waals surface area contributed by atoms with Crippen LogP contribution in [0.1, 0.15) is 11.5 Å². The van der Waals surface area contributed by atoms with Crippen LogP contribution >= 0.6 is 0 Å². The van der Waals surface area contributed by atoms with Crippen molar-refractivity contribution in [1.29, 1.82) is 0 Å². The Morgan fingerprint density at radius 3 is 2.47 bits per heavy atom. The molecule has 13 heteroatoms. The Morgan fingerprint density at radius 2 is 1.79 bits per heavy atom. The van der Waals surface area contributed by atoms with Gasteiger partial charge in [-0.25, -0.2) is 4.98 Å². The van der Waals surface area contributed by atoms with Crippen molar-refractivity contribution in [2.24, 2.45) is 0 Å². The summed E-state index contributed by atoms with van der Waals surface area (Å²) in [5, 5.41) is 11.7. The fourth-order valence-corrected chi connectivity index (χ4v) is 3.24. The van der Waals surface area contributed by atoms with E-state index in [1.165, 1.54) is 27.7 Å². The van der Waals surface area contributed by atoms with Gasteiger partial charge in [-0.15, -0.1) is 5.10 Å². The van der Waals surface area contributed by atoms with Crippen LogP contribution in [0.4, 0.5) is 13.2 Å². The standard InChI is InChI=1S/C21H14F3N7O3/c1-33-15-8-6-14(7-9-15)31-19-17(27-29-31)20(32)30(11-25-19)10-16-26-18(28-34-16)12-2-4-13(5-3-12)21(22,23)24/h2-9,11H,10H2,1H3. The van der Waals surface area contributed by atoms with Crippen LogP contribution in [-0.2, 0) is 12.7 Å². The highest BCUT2D eigenvalue weighted by Crippen LogP contribution is 2.30. The Bertz CT molecular complexity index is 1520. The van der Waals surface area contributed by atoms with Gasteiger partial charge in [-0.05, 0) is 36.4 Å². The highest BCUT2D eigenvalue weighted by atomic mass is 19.4. The number of ether oxygens (including phenoxy) is 1. The van der Waals surface area contributed by atoms with Crippen LogP contribution in [0.15, 0.2) is 64.2 Å². The third-order valence-corrected chi connectivity index (χ3v) is 4.99. The Kier molecular flexibility index (Phi) is 5.07. The van der Waals surface area contributed by atoms with E-state index in [-0.39, 0.29) is 29.4 Å². The largest absolute Gasteiger partial charge is 0.497 e. The van der Waals surface area contributed by atoms with Crippen LogP contribution < -0.4 is 10.3 Å². The van der Waals surface area contributed by atoms with Crippen molar-refractivity contribution < 1.29 is 22.4 Å². The van der Waals surface area contributed by atoms with Crippen LogP contribution in [-0.4, -0.2) is 41.8 Å². The Labute approximate surface area is 188 Å². The molecule has 0 N–H and O–H groups in total. The molecule has 10 nitrogen and oxygen atoms in total. The van der Waals surface area contributed by atoms with Crippen LogP contribution in [0.3, 0.4) is 0 Å². The number of rotatable bonds is 5. The number of methoxy groups -OCH3 is 1. The van der Waals surface area contributed by atoms with Crippen molar-refractivity contribution in [3.63, 3.8) is 0 Å². The third kappa shape index (κ3) is 3.87. The smallest absolute Gasteiger partial charge is 0.416 e. The minimum Gasteiger partial charge on any atom is -0.497 e. The predicted octanol–water partition coefficient (Wildman–Crippen LogP) is 3.10. The molecule has 0 amide bonds. The summed E-state index contributed by atoms with van der Waals surface area (Å²) in [6, 6.07) is 11.3. The molecule has 0 fully saturated rings. The summed E-state index contributed by atoms with van der Waals surface area (Å²) in [4.78, 5) is 21.3. The quantitative estimate of drug-likeness (QED) is 0.386. The summed E-state index contributed by atoms with van der Waals surface area (Å²) in [7, 11) is 1.56. The number of halogens is 3. The highest BCUT2D eigenvalue weighted by Gasteiger charge is 2.30. The average Bonchev–Trinajstić information content (AvgIpc) is 3.48. The lowest BCUT2D eigenvalue weighted by Crippen LogP contribution is -2.21. The van der Waals surface area contributed by atoms with Crippen LogP contribution in [0, 0.1) is 0 Å². The third-order valence-electron chi connectivity index (χ3n) is 4.99. The predicted molar refractivity (Wildman–Crippen MR) is 111 cm³/mol. The first-order valence-corrected chi connectivity index (χ1v) is 9.79. The van der Waals surface area contributed by atoms with E-state index in [0.717, 1.165) is 12.1 Å². The second kappa shape index (κ2) is 8.10. The lowest BCUT2D eigenvalue weighted by atomic mass is 10.1. The van der Waals surface area contributed by atoms with Gasteiger partial charge in [0, 0.05) is 5.56 Å². The number of benzene rings is 2. The monoisotopic (exact) mass is 469 g/mol. The van der Waals surface area contributed by atoms with Gasteiger partial charge in [-0.3, -0.25) is 9.36 Å². The van der Waals surface area contributed by atoms with E-state index in [0.29, 0.717) is 17.0 Å². The summed E-state index contributed by atoms with van der Waals surface area (Å²) in [5.74, 6) is 0.829. The van der Waals surface area contributed by atoms with Crippen molar-refractivity contribution in [2.45, 2.75) is 12.7 Å². The zero-order chi connectivity index (χ0) is 23.9. The van der Waals surface area contributed by atoms with E-state index in [9.17, 15) is 18.0 Å². The van der Waals surface area contributed by atoms with Gasteiger partial charge in [0.25, 0.3) is 5.56 Å². The molecule has 0 spiro atoms. The van der Waals surface area contributed by atoms with E-state index in [2.05, 4.69) is 25.4 Å². The van der Waals surface area contributed by atoms with Crippen molar-refractivity contribution in [3.8, 4) is 22.8 Å². The van der Waals surface area contributed by atoms with Gasteiger partial charge in [0.1, 0.15) is 18.6 Å². The average molecular weight is 469 g/mol. The van der Waals surface area contributed by atoms with Crippen LogP contribution in [0.2, 0.25) is 0 Å². The van der Waals surface area contributed by atoms with Gasteiger partial charge < -0.3 is 9.26 Å². The van der Waals surface area contributed by atoms with Gasteiger partial charge in [-0.2, -0.15) is 22.8 Å². The maximum atomic E-state index is 12.9. The maximum absolute atomic E-state index is 12.9. The summed E-state index contributed by atoms with van der Waals surface area (Å²) in [6.45, 7) is -0.106.